The highest BCUT2D eigenvalue weighted by Crippen LogP contribution is 2.32. The molecule has 0 spiro atoms. The Morgan fingerprint density at radius 1 is 1.38 bits per heavy atom. The molecule has 2 rings (SSSR count). The molecule has 0 saturated carbocycles. The number of hydrogen-bond acceptors (Lipinski definition) is 6. The molecule has 0 unspecified atom stereocenters. The summed E-state index contributed by atoms with van der Waals surface area (Å²) < 4.78 is 5.63. The molecule has 0 saturated heterocycles. The van der Waals surface area contributed by atoms with Crippen LogP contribution in [0.5, 0.6) is 11.5 Å². The van der Waals surface area contributed by atoms with Crippen LogP contribution < -0.4 is 10.2 Å². The lowest BCUT2D eigenvalue weighted by molar-refractivity contribution is -0.385. The van der Waals surface area contributed by atoms with Crippen LogP contribution in [-0.4, -0.2) is 28.8 Å². The standard InChI is InChI=1S/C15H12BrN3O5/c16-11-6-10(15(21)13(7-11)19(22)23)8-17-18-14(20)9-24-12-4-2-1-3-5-12/h1-8,21H,9H2,(H,18,20)/b17-8-. The molecule has 0 aliphatic rings. The number of rotatable bonds is 6. The van der Waals surface area contributed by atoms with Crippen LogP contribution in [0.3, 0.4) is 0 Å². The van der Waals surface area contributed by atoms with Gasteiger partial charge in [0.15, 0.2) is 6.61 Å². The molecule has 0 heterocycles. The molecule has 0 aliphatic heterocycles. The Morgan fingerprint density at radius 2 is 2.08 bits per heavy atom. The number of carbonyl (C=O) groups excluding carboxylic acids is 1. The van der Waals surface area contributed by atoms with Crippen molar-refractivity contribution >= 4 is 33.7 Å². The average Bonchev–Trinajstić information content (AvgIpc) is 2.56. The molecule has 1 amide bonds. The van der Waals surface area contributed by atoms with Gasteiger partial charge in [-0.15, -0.1) is 0 Å². The number of hydrogen-bond donors (Lipinski definition) is 2. The Kier molecular flexibility index (Phi) is 5.85. The van der Waals surface area contributed by atoms with E-state index in [9.17, 15) is 20.0 Å². The summed E-state index contributed by atoms with van der Waals surface area (Å²) in [6, 6.07) is 11.4. The van der Waals surface area contributed by atoms with Crippen LogP contribution in [0.15, 0.2) is 52.0 Å². The number of para-hydroxylation sites is 1. The zero-order valence-electron chi connectivity index (χ0n) is 12.2. The Labute approximate surface area is 145 Å². The van der Waals surface area contributed by atoms with E-state index in [1.165, 1.54) is 12.1 Å². The van der Waals surface area contributed by atoms with Crippen LogP contribution in [0.25, 0.3) is 0 Å². The van der Waals surface area contributed by atoms with E-state index in [0.717, 1.165) is 6.21 Å². The first kappa shape index (κ1) is 17.4. The first-order valence-electron chi connectivity index (χ1n) is 6.64. The number of benzene rings is 2. The minimum Gasteiger partial charge on any atom is -0.502 e. The van der Waals surface area contributed by atoms with Gasteiger partial charge in [0, 0.05) is 16.1 Å². The number of nitrogens with zero attached hydrogens (tertiary/aromatic N) is 2. The first-order valence-corrected chi connectivity index (χ1v) is 7.43. The predicted octanol–water partition coefficient (Wildman–Crippen LogP) is 2.59. The number of nitrogens with one attached hydrogen (secondary N) is 1. The maximum atomic E-state index is 11.6. The first-order chi connectivity index (χ1) is 11.5. The van der Waals surface area contributed by atoms with Crippen molar-refractivity contribution in [1.29, 1.82) is 0 Å². The van der Waals surface area contributed by atoms with E-state index >= 15 is 0 Å². The van der Waals surface area contributed by atoms with E-state index in [-0.39, 0.29) is 12.2 Å². The summed E-state index contributed by atoms with van der Waals surface area (Å²) in [6.45, 7) is -0.244. The summed E-state index contributed by atoms with van der Waals surface area (Å²) in [4.78, 5) is 21.7. The van der Waals surface area contributed by atoms with Gasteiger partial charge in [-0.25, -0.2) is 5.43 Å². The maximum absolute atomic E-state index is 11.6. The summed E-state index contributed by atoms with van der Waals surface area (Å²) in [7, 11) is 0. The molecule has 2 aromatic carbocycles. The van der Waals surface area contributed by atoms with Gasteiger partial charge in [0.05, 0.1) is 11.1 Å². The van der Waals surface area contributed by atoms with Crippen molar-refractivity contribution in [2.45, 2.75) is 0 Å². The second-order valence-electron chi connectivity index (χ2n) is 4.51. The van der Waals surface area contributed by atoms with Crippen LogP contribution in [0.2, 0.25) is 0 Å². The monoisotopic (exact) mass is 393 g/mol. The fraction of sp³-hybridized carbons (Fsp3) is 0.0667. The summed E-state index contributed by atoms with van der Waals surface area (Å²) >= 11 is 3.10. The smallest absolute Gasteiger partial charge is 0.312 e. The number of hydrazone groups is 1. The molecule has 0 bridgehead atoms. The quantitative estimate of drug-likeness (QED) is 0.444. The summed E-state index contributed by atoms with van der Waals surface area (Å²) in [5.41, 5.74) is 1.82. The van der Waals surface area contributed by atoms with Crippen LogP contribution in [0.1, 0.15) is 5.56 Å². The van der Waals surface area contributed by atoms with Gasteiger partial charge in [-0.1, -0.05) is 34.1 Å². The third kappa shape index (κ3) is 4.78. The van der Waals surface area contributed by atoms with Crippen LogP contribution in [0, 0.1) is 10.1 Å². The molecule has 0 radical (unpaired) electrons. The lowest BCUT2D eigenvalue weighted by Crippen LogP contribution is -2.24. The molecule has 0 atom stereocenters. The molecule has 2 aromatic rings. The molecule has 8 nitrogen and oxygen atoms in total. The van der Waals surface area contributed by atoms with Gasteiger partial charge in [-0.2, -0.15) is 5.10 Å². The Hall–Kier alpha value is -2.94. The number of halogens is 1. The molecular weight excluding hydrogens is 382 g/mol. The Balaban J connectivity index is 1.96. The van der Waals surface area contributed by atoms with E-state index in [1.807, 2.05) is 6.07 Å². The minimum atomic E-state index is -0.719. The number of phenols is 1. The van der Waals surface area contributed by atoms with E-state index in [4.69, 9.17) is 4.74 Å². The number of nitro groups is 1. The second kappa shape index (κ2) is 8.06. The van der Waals surface area contributed by atoms with Crippen LogP contribution >= 0.6 is 15.9 Å². The van der Waals surface area contributed by atoms with Crippen molar-refractivity contribution in [2.75, 3.05) is 6.61 Å². The zero-order valence-corrected chi connectivity index (χ0v) is 13.8. The van der Waals surface area contributed by atoms with Crippen molar-refractivity contribution in [3.05, 3.63) is 62.6 Å². The Bertz CT molecular complexity index is 780. The minimum absolute atomic E-state index is 0.0837. The van der Waals surface area contributed by atoms with Crippen molar-refractivity contribution in [2.24, 2.45) is 5.10 Å². The number of amides is 1. The van der Waals surface area contributed by atoms with Gasteiger partial charge in [0.2, 0.25) is 5.75 Å². The van der Waals surface area contributed by atoms with Gasteiger partial charge in [0.1, 0.15) is 5.75 Å². The molecule has 0 fully saturated rings. The second-order valence-corrected chi connectivity index (χ2v) is 5.43. The molecule has 9 heteroatoms. The highest BCUT2D eigenvalue weighted by molar-refractivity contribution is 9.10. The fourth-order valence-electron chi connectivity index (χ4n) is 1.71. The lowest BCUT2D eigenvalue weighted by atomic mass is 10.2. The SMILES string of the molecule is O=C(COc1ccccc1)N/N=C\c1cc(Br)cc([N+](=O)[O-])c1O. The highest BCUT2D eigenvalue weighted by Gasteiger charge is 2.17. The summed E-state index contributed by atoms with van der Waals surface area (Å²) in [6.07, 6.45) is 1.10. The van der Waals surface area contributed by atoms with Gasteiger partial charge >= 0.3 is 5.69 Å². The number of aromatic hydroxyl groups is 1. The number of nitro benzene ring substituents is 1. The van der Waals surface area contributed by atoms with Crippen molar-refractivity contribution in [3.63, 3.8) is 0 Å². The van der Waals surface area contributed by atoms with E-state index in [0.29, 0.717) is 10.2 Å². The summed E-state index contributed by atoms with van der Waals surface area (Å²) in [5.74, 6) is -0.516. The number of carbonyl (C=O) groups is 1. The zero-order chi connectivity index (χ0) is 17.5. The fourth-order valence-corrected chi connectivity index (χ4v) is 2.18. The largest absolute Gasteiger partial charge is 0.502 e. The van der Waals surface area contributed by atoms with Crippen LogP contribution in [0.4, 0.5) is 5.69 Å². The number of ether oxygens (including phenoxy) is 1. The normalized spacial score (nSPS) is 10.5. The third-order valence-electron chi connectivity index (χ3n) is 2.79. The van der Waals surface area contributed by atoms with Gasteiger partial charge in [0.25, 0.3) is 5.91 Å². The third-order valence-corrected chi connectivity index (χ3v) is 3.24. The van der Waals surface area contributed by atoms with Crippen molar-refractivity contribution in [3.8, 4) is 11.5 Å². The summed E-state index contributed by atoms with van der Waals surface area (Å²) in [5, 5.41) is 24.3. The molecule has 0 aliphatic carbocycles. The van der Waals surface area contributed by atoms with E-state index in [1.54, 1.807) is 24.3 Å². The molecular formula is C15H12BrN3O5. The Morgan fingerprint density at radius 3 is 2.75 bits per heavy atom. The van der Waals surface area contributed by atoms with Gasteiger partial charge in [-0.05, 0) is 18.2 Å². The molecule has 124 valence electrons. The number of phenolic OH excluding ortho intramolecular Hbond substituents is 1. The van der Waals surface area contributed by atoms with E-state index in [2.05, 4.69) is 26.5 Å². The predicted molar refractivity (Wildman–Crippen MR) is 90.1 cm³/mol. The topological polar surface area (TPSA) is 114 Å². The highest BCUT2D eigenvalue weighted by atomic mass is 79.9. The van der Waals surface area contributed by atoms with E-state index < -0.39 is 22.3 Å². The maximum Gasteiger partial charge on any atom is 0.312 e. The van der Waals surface area contributed by atoms with Gasteiger partial charge in [-0.3, -0.25) is 14.9 Å². The molecule has 2 N–H and O–H groups in total. The van der Waals surface area contributed by atoms with Gasteiger partial charge < -0.3 is 9.84 Å². The lowest BCUT2D eigenvalue weighted by Gasteiger charge is -2.04. The van der Waals surface area contributed by atoms with Crippen molar-refractivity contribution < 1.29 is 19.6 Å². The van der Waals surface area contributed by atoms with Crippen molar-refractivity contribution in [1.82, 2.24) is 5.43 Å². The average molecular weight is 394 g/mol. The molecule has 0 aromatic heterocycles. The molecule has 24 heavy (non-hydrogen) atoms. The van der Waals surface area contributed by atoms with Crippen LogP contribution in [-0.2, 0) is 4.79 Å².